The molecular weight excluding hydrogens is 254 g/mol. The number of fused-ring (bicyclic) bond motifs is 1. The standard InChI is InChI=1S/C15H25N3O2/c1-10(19)16-14-8-18(9-14)15(20)17-13-6-5-11-3-2-4-12(11)7-13/h11-14H,2-9H2,1H3,(H,16,19)(H,17,20). The molecule has 5 nitrogen and oxygen atoms in total. The smallest absolute Gasteiger partial charge is 0.317 e. The SMILES string of the molecule is CC(=O)NC1CN(C(=O)NC2CCC3CCCC3C2)C1. The van der Waals surface area contributed by atoms with E-state index < -0.39 is 0 Å². The molecule has 0 aromatic rings. The molecule has 2 saturated carbocycles. The molecule has 0 spiro atoms. The van der Waals surface area contributed by atoms with E-state index in [9.17, 15) is 9.59 Å². The van der Waals surface area contributed by atoms with Crippen molar-refractivity contribution in [3.05, 3.63) is 0 Å². The van der Waals surface area contributed by atoms with Crippen LogP contribution >= 0.6 is 0 Å². The molecule has 1 heterocycles. The molecule has 3 amide bonds. The Bertz CT molecular complexity index is 393. The Balaban J connectivity index is 1.40. The molecule has 5 heteroatoms. The summed E-state index contributed by atoms with van der Waals surface area (Å²) in [5.41, 5.74) is 0. The largest absolute Gasteiger partial charge is 0.350 e. The van der Waals surface area contributed by atoms with Crippen molar-refractivity contribution < 1.29 is 9.59 Å². The first kappa shape index (κ1) is 13.7. The minimum Gasteiger partial charge on any atom is -0.350 e. The quantitative estimate of drug-likeness (QED) is 0.804. The molecule has 1 aliphatic heterocycles. The Hall–Kier alpha value is -1.26. The van der Waals surface area contributed by atoms with Crippen molar-refractivity contribution >= 4 is 11.9 Å². The summed E-state index contributed by atoms with van der Waals surface area (Å²) in [4.78, 5) is 24.8. The van der Waals surface area contributed by atoms with Crippen molar-refractivity contribution in [1.29, 1.82) is 0 Å². The Morgan fingerprint density at radius 1 is 0.950 bits per heavy atom. The predicted molar refractivity (Wildman–Crippen MR) is 76.2 cm³/mol. The van der Waals surface area contributed by atoms with Gasteiger partial charge in [-0.1, -0.05) is 19.3 Å². The first-order valence-electron chi connectivity index (χ1n) is 7.94. The van der Waals surface area contributed by atoms with Crippen molar-refractivity contribution in [2.75, 3.05) is 13.1 Å². The van der Waals surface area contributed by atoms with Gasteiger partial charge in [0.15, 0.2) is 0 Å². The van der Waals surface area contributed by atoms with Gasteiger partial charge < -0.3 is 15.5 Å². The highest BCUT2D eigenvalue weighted by Gasteiger charge is 2.36. The van der Waals surface area contributed by atoms with Crippen LogP contribution in [0.15, 0.2) is 0 Å². The summed E-state index contributed by atoms with van der Waals surface area (Å²) >= 11 is 0. The van der Waals surface area contributed by atoms with Gasteiger partial charge in [0, 0.05) is 26.1 Å². The van der Waals surface area contributed by atoms with Crippen molar-refractivity contribution in [2.24, 2.45) is 11.8 Å². The van der Waals surface area contributed by atoms with Gasteiger partial charge in [0.05, 0.1) is 6.04 Å². The molecule has 3 fully saturated rings. The van der Waals surface area contributed by atoms with E-state index in [1.807, 2.05) is 0 Å². The maximum atomic E-state index is 12.1. The summed E-state index contributed by atoms with van der Waals surface area (Å²) in [6, 6.07) is 0.554. The van der Waals surface area contributed by atoms with E-state index in [1.54, 1.807) is 4.90 Å². The monoisotopic (exact) mass is 279 g/mol. The fourth-order valence-corrected chi connectivity index (χ4v) is 4.12. The molecule has 0 aromatic carbocycles. The lowest BCUT2D eigenvalue weighted by Gasteiger charge is -2.41. The lowest BCUT2D eigenvalue weighted by molar-refractivity contribution is -0.120. The summed E-state index contributed by atoms with van der Waals surface area (Å²) in [6.07, 6.45) is 7.71. The molecule has 1 saturated heterocycles. The zero-order chi connectivity index (χ0) is 14.1. The number of carbonyl (C=O) groups excluding carboxylic acids is 2. The Labute approximate surface area is 120 Å². The Morgan fingerprint density at radius 3 is 2.45 bits per heavy atom. The van der Waals surface area contributed by atoms with Crippen molar-refractivity contribution in [3.8, 4) is 0 Å². The topological polar surface area (TPSA) is 61.4 Å². The third-order valence-electron chi connectivity index (χ3n) is 5.19. The van der Waals surface area contributed by atoms with Gasteiger partial charge in [0.2, 0.25) is 5.91 Å². The number of urea groups is 1. The fraction of sp³-hybridized carbons (Fsp3) is 0.867. The normalized spacial score (nSPS) is 33.2. The lowest BCUT2D eigenvalue weighted by Crippen LogP contribution is -2.63. The van der Waals surface area contributed by atoms with Crippen LogP contribution in [0.4, 0.5) is 4.79 Å². The van der Waals surface area contributed by atoms with E-state index >= 15 is 0 Å². The third-order valence-corrected chi connectivity index (χ3v) is 5.19. The highest BCUT2D eigenvalue weighted by atomic mass is 16.2. The second-order valence-electron chi connectivity index (χ2n) is 6.71. The summed E-state index contributed by atoms with van der Waals surface area (Å²) in [5.74, 6) is 1.75. The summed E-state index contributed by atoms with van der Waals surface area (Å²) in [7, 11) is 0. The fourth-order valence-electron chi connectivity index (χ4n) is 4.12. The molecule has 3 aliphatic rings. The van der Waals surface area contributed by atoms with Gasteiger partial charge in [-0.25, -0.2) is 4.79 Å². The number of nitrogens with zero attached hydrogens (tertiary/aromatic N) is 1. The maximum absolute atomic E-state index is 12.1. The zero-order valence-electron chi connectivity index (χ0n) is 12.2. The van der Waals surface area contributed by atoms with E-state index in [4.69, 9.17) is 0 Å². The molecule has 2 aliphatic carbocycles. The summed E-state index contributed by atoms with van der Waals surface area (Å²) < 4.78 is 0. The summed E-state index contributed by atoms with van der Waals surface area (Å²) in [6.45, 7) is 2.80. The second-order valence-corrected chi connectivity index (χ2v) is 6.71. The van der Waals surface area contributed by atoms with Gasteiger partial charge in [0.1, 0.15) is 0 Å². The van der Waals surface area contributed by atoms with Gasteiger partial charge in [-0.2, -0.15) is 0 Å². The number of hydrogen-bond acceptors (Lipinski definition) is 2. The van der Waals surface area contributed by atoms with E-state index in [0.29, 0.717) is 19.1 Å². The maximum Gasteiger partial charge on any atom is 0.317 e. The molecule has 112 valence electrons. The minimum absolute atomic E-state index is 0.0189. The van der Waals surface area contributed by atoms with Crippen LogP contribution in [0, 0.1) is 11.8 Å². The lowest BCUT2D eigenvalue weighted by atomic mass is 9.79. The van der Waals surface area contributed by atoms with Crippen molar-refractivity contribution in [2.45, 2.75) is 57.5 Å². The minimum atomic E-state index is -0.0189. The van der Waals surface area contributed by atoms with Gasteiger partial charge in [-0.05, 0) is 31.1 Å². The molecule has 0 aromatic heterocycles. The molecule has 20 heavy (non-hydrogen) atoms. The van der Waals surface area contributed by atoms with Crippen LogP contribution in [0.25, 0.3) is 0 Å². The van der Waals surface area contributed by atoms with Gasteiger partial charge in [0.25, 0.3) is 0 Å². The van der Waals surface area contributed by atoms with Gasteiger partial charge in [-0.3, -0.25) is 4.79 Å². The molecule has 0 radical (unpaired) electrons. The molecule has 3 atom stereocenters. The van der Waals surface area contributed by atoms with Gasteiger partial charge >= 0.3 is 6.03 Å². The molecule has 3 unspecified atom stereocenters. The number of hydrogen-bond donors (Lipinski definition) is 2. The van der Waals surface area contributed by atoms with Gasteiger partial charge in [-0.15, -0.1) is 0 Å². The van der Waals surface area contributed by atoms with Crippen LogP contribution in [-0.4, -0.2) is 42.0 Å². The highest BCUT2D eigenvalue weighted by molar-refractivity contribution is 5.77. The summed E-state index contributed by atoms with van der Waals surface area (Å²) in [5, 5.41) is 6.02. The van der Waals surface area contributed by atoms with Crippen LogP contribution < -0.4 is 10.6 Å². The van der Waals surface area contributed by atoms with Crippen LogP contribution in [0.1, 0.15) is 45.4 Å². The predicted octanol–water partition coefficient (Wildman–Crippen LogP) is 1.49. The number of amides is 3. The van der Waals surface area contributed by atoms with Crippen LogP contribution in [-0.2, 0) is 4.79 Å². The van der Waals surface area contributed by atoms with Crippen molar-refractivity contribution in [1.82, 2.24) is 15.5 Å². The number of carbonyl (C=O) groups is 2. The second kappa shape index (κ2) is 5.62. The first-order chi connectivity index (χ1) is 9.61. The van der Waals surface area contributed by atoms with E-state index in [1.165, 1.54) is 39.0 Å². The van der Waals surface area contributed by atoms with Crippen LogP contribution in [0.5, 0.6) is 0 Å². The number of likely N-dealkylation sites (tertiary alicyclic amines) is 1. The highest BCUT2D eigenvalue weighted by Crippen LogP contribution is 2.42. The van der Waals surface area contributed by atoms with Crippen molar-refractivity contribution in [3.63, 3.8) is 0 Å². The molecule has 3 rings (SSSR count). The Kier molecular flexibility index (Phi) is 3.85. The van der Waals surface area contributed by atoms with E-state index in [2.05, 4.69) is 10.6 Å². The first-order valence-corrected chi connectivity index (χ1v) is 7.94. The number of nitrogens with one attached hydrogen (secondary N) is 2. The Morgan fingerprint density at radius 2 is 1.70 bits per heavy atom. The zero-order valence-corrected chi connectivity index (χ0v) is 12.2. The third kappa shape index (κ3) is 2.91. The van der Waals surface area contributed by atoms with Crippen LogP contribution in [0.3, 0.4) is 0 Å². The van der Waals surface area contributed by atoms with E-state index in [-0.39, 0.29) is 18.0 Å². The van der Waals surface area contributed by atoms with Crippen LogP contribution in [0.2, 0.25) is 0 Å². The van der Waals surface area contributed by atoms with E-state index in [0.717, 1.165) is 18.3 Å². The average molecular weight is 279 g/mol. The molecule has 2 N–H and O–H groups in total. The molecule has 0 bridgehead atoms. The average Bonchev–Trinajstić information content (AvgIpc) is 2.80. The molecular formula is C15H25N3O2. The number of rotatable bonds is 2.